The lowest BCUT2D eigenvalue weighted by molar-refractivity contribution is -0.0535. The van der Waals surface area contributed by atoms with Gasteiger partial charge < -0.3 is 19.9 Å². The van der Waals surface area contributed by atoms with Crippen molar-refractivity contribution in [2.45, 2.75) is 39.5 Å². The summed E-state index contributed by atoms with van der Waals surface area (Å²) in [7, 11) is 0. The topological polar surface area (TPSA) is 80.7 Å². The lowest BCUT2D eigenvalue weighted by atomic mass is 10.2. The number of aromatic hydroxyl groups is 1. The van der Waals surface area contributed by atoms with E-state index in [9.17, 15) is 18.7 Å². The van der Waals surface area contributed by atoms with E-state index in [1.807, 2.05) is 0 Å². The Hall–Kier alpha value is -2.12. The lowest BCUT2D eigenvalue weighted by Gasteiger charge is -2.20. The molecule has 0 saturated heterocycles. The molecule has 1 amide bonds. The molecule has 0 atom stereocenters. The molecule has 112 valence electrons. The highest BCUT2D eigenvalue weighted by Gasteiger charge is 2.17. The van der Waals surface area contributed by atoms with Crippen molar-refractivity contribution >= 4 is 6.09 Å². The maximum absolute atomic E-state index is 12.2. The average Bonchev–Trinajstić information content (AvgIpc) is 2.26. The van der Waals surface area contributed by atoms with Crippen LogP contribution in [0, 0.1) is 0 Å². The van der Waals surface area contributed by atoms with Crippen molar-refractivity contribution in [3.8, 4) is 11.6 Å². The van der Waals surface area contributed by atoms with Crippen LogP contribution >= 0.6 is 0 Å². The number of aromatic nitrogens is 1. The van der Waals surface area contributed by atoms with E-state index in [0.717, 1.165) is 6.20 Å². The molecule has 1 aromatic rings. The fourth-order valence-electron chi connectivity index (χ4n) is 1.28. The number of nitrogens with zero attached hydrogens (tertiary/aromatic N) is 1. The standard InChI is InChI=1S/C12H16F2N2O4/c1-12(2,3)20-11(18)16-5-7-4-8(17)6-15-9(7)19-10(13)14/h4,6,10,17H,5H2,1-3H3,(H,16,18). The van der Waals surface area contributed by atoms with Crippen LogP contribution in [0.3, 0.4) is 0 Å². The highest BCUT2D eigenvalue weighted by molar-refractivity contribution is 5.67. The largest absolute Gasteiger partial charge is 0.506 e. The molecule has 0 aliphatic heterocycles. The number of amides is 1. The molecule has 0 saturated carbocycles. The van der Waals surface area contributed by atoms with E-state index in [0.29, 0.717) is 0 Å². The summed E-state index contributed by atoms with van der Waals surface area (Å²) in [6.07, 6.45) is 0.248. The number of halogens is 2. The number of alkyl halides is 2. The fraction of sp³-hybridized carbons (Fsp3) is 0.500. The molecule has 6 nitrogen and oxygen atoms in total. The molecule has 0 unspecified atom stereocenters. The molecule has 0 bridgehead atoms. The minimum Gasteiger partial charge on any atom is -0.506 e. The second-order valence-corrected chi connectivity index (χ2v) is 4.89. The van der Waals surface area contributed by atoms with Gasteiger partial charge in [0.1, 0.15) is 11.4 Å². The monoisotopic (exact) mass is 290 g/mol. The first-order valence-corrected chi connectivity index (χ1v) is 5.77. The molecule has 0 spiro atoms. The Morgan fingerprint density at radius 3 is 2.70 bits per heavy atom. The molecule has 0 aliphatic carbocycles. The van der Waals surface area contributed by atoms with Crippen LogP contribution in [0.2, 0.25) is 0 Å². The molecule has 0 aliphatic rings. The van der Waals surface area contributed by atoms with Crippen molar-refractivity contribution in [1.29, 1.82) is 0 Å². The molecule has 1 aromatic heterocycles. The third-order valence-corrected chi connectivity index (χ3v) is 1.93. The van der Waals surface area contributed by atoms with Gasteiger partial charge in [0.05, 0.1) is 12.7 Å². The third-order valence-electron chi connectivity index (χ3n) is 1.93. The molecule has 2 N–H and O–H groups in total. The second-order valence-electron chi connectivity index (χ2n) is 4.89. The predicted octanol–water partition coefficient (Wildman–Crippen LogP) is 2.41. The maximum Gasteiger partial charge on any atom is 0.407 e. The second kappa shape index (κ2) is 6.36. The van der Waals surface area contributed by atoms with Crippen molar-refractivity contribution in [1.82, 2.24) is 10.3 Å². The number of pyridine rings is 1. The van der Waals surface area contributed by atoms with Gasteiger partial charge in [0.25, 0.3) is 0 Å². The molecule has 0 fully saturated rings. The number of rotatable bonds is 4. The number of nitrogens with one attached hydrogen (secondary N) is 1. The zero-order valence-electron chi connectivity index (χ0n) is 11.3. The summed E-state index contributed by atoms with van der Waals surface area (Å²) in [6, 6.07) is 1.17. The molecule has 0 radical (unpaired) electrons. The van der Waals surface area contributed by atoms with E-state index < -0.39 is 18.3 Å². The van der Waals surface area contributed by atoms with Gasteiger partial charge in [-0.1, -0.05) is 0 Å². The van der Waals surface area contributed by atoms with E-state index >= 15 is 0 Å². The Morgan fingerprint density at radius 2 is 2.15 bits per heavy atom. The van der Waals surface area contributed by atoms with E-state index in [4.69, 9.17) is 4.74 Å². The third kappa shape index (κ3) is 5.68. The number of ether oxygens (including phenoxy) is 2. The first-order chi connectivity index (χ1) is 9.17. The normalized spacial score (nSPS) is 11.3. The van der Waals surface area contributed by atoms with E-state index in [1.54, 1.807) is 20.8 Å². The Labute approximate surface area is 114 Å². The first kappa shape index (κ1) is 15.9. The molecule has 1 rings (SSSR count). The number of hydrogen-bond donors (Lipinski definition) is 2. The smallest absolute Gasteiger partial charge is 0.407 e. The SMILES string of the molecule is CC(C)(C)OC(=O)NCc1cc(O)cnc1OC(F)F. The number of carbonyl (C=O) groups excluding carboxylic acids is 1. The van der Waals surface area contributed by atoms with Crippen LogP contribution < -0.4 is 10.1 Å². The van der Waals surface area contributed by atoms with Crippen molar-refractivity contribution in [3.63, 3.8) is 0 Å². The maximum atomic E-state index is 12.2. The predicted molar refractivity (Wildman–Crippen MR) is 65.6 cm³/mol. The van der Waals surface area contributed by atoms with Crippen LogP contribution in [0.5, 0.6) is 11.6 Å². The summed E-state index contributed by atoms with van der Waals surface area (Å²) in [5, 5.41) is 11.6. The Kier molecular flexibility index (Phi) is 5.06. The van der Waals surface area contributed by atoms with Gasteiger partial charge in [0.15, 0.2) is 0 Å². The van der Waals surface area contributed by atoms with Gasteiger partial charge in [-0.2, -0.15) is 8.78 Å². The van der Waals surface area contributed by atoms with Gasteiger partial charge in [-0.3, -0.25) is 0 Å². The van der Waals surface area contributed by atoms with Gasteiger partial charge in [0.2, 0.25) is 5.88 Å². The van der Waals surface area contributed by atoms with Crippen molar-refractivity contribution in [3.05, 3.63) is 17.8 Å². The summed E-state index contributed by atoms with van der Waals surface area (Å²) in [5.41, 5.74) is -0.570. The Bertz CT molecular complexity index is 475. The van der Waals surface area contributed by atoms with Crippen LogP contribution in [0.15, 0.2) is 12.3 Å². The molecular formula is C12H16F2N2O4. The quantitative estimate of drug-likeness (QED) is 0.890. The minimum atomic E-state index is -3.05. The van der Waals surface area contributed by atoms with Crippen molar-refractivity contribution in [2.75, 3.05) is 0 Å². The average molecular weight is 290 g/mol. The number of carbonyl (C=O) groups is 1. The molecule has 20 heavy (non-hydrogen) atoms. The Balaban J connectivity index is 2.71. The van der Waals surface area contributed by atoms with Gasteiger partial charge in [0, 0.05) is 5.56 Å². The minimum absolute atomic E-state index is 0.108. The van der Waals surface area contributed by atoms with Crippen LogP contribution in [0.1, 0.15) is 26.3 Å². The van der Waals surface area contributed by atoms with Crippen molar-refractivity contribution in [2.24, 2.45) is 0 Å². The Morgan fingerprint density at radius 1 is 1.50 bits per heavy atom. The van der Waals surface area contributed by atoms with E-state index in [-0.39, 0.29) is 23.7 Å². The number of hydrogen-bond acceptors (Lipinski definition) is 5. The molecule has 8 heteroatoms. The van der Waals surface area contributed by atoms with Crippen LogP contribution in [0.25, 0.3) is 0 Å². The van der Waals surface area contributed by atoms with Gasteiger partial charge in [-0.05, 0) is 26.8 Å². The molecule has 0 aromatic carbocycles. The lowest BCUT2D eigenvalue weighted by Crippen LogP contribution is -2.32. The van der Waals surface area contributed by atoms with E-state index in [2.05, 4.69) is 15.0 Å². The fourth-order valence-corrected chi connectivity index (χ4v) is 1.28. The van der Waals surface area contributed by atoms with Crippen molar-refractivity contribution < 1.29 is 28.2 Å². The van der Waals surface area contributed by atoms with Crippen LogP contribution in [-0.4, -0.2) is 28.4 Å². The highest BCUT2D eigenvalue weighted by Crippen LogP contribution is 2.21. The van der Waals surface area contributed by atoms with E-state index in [1.165, 1.54) is 6.07 Å². The zero-order chi connectivity index (χ0) is 15.3. The summed E-state index contributed by atoms with van der Waals surface area (Å²) in [6.45, 7) is 1.85. The summed E-state index contributed by atoms with van der Waals surface area (Å²) >= 11 is 0. The summed E-state index contributed by atoms with van der Waals surface area (Å²) < 4.78 is 33.5. The van der Waals surface area contributed by atoms with Gasteiger partial charge in [-0.25, -0.2) is 9.78 Å². The van der Waals surface area contributed by atoms with Crippen LogP contribution in [-0.2, 0) is 11.3 Å². The summed E-state index contributed by atoms with van der Waals surface area (Å²) in [5.74, 6) is -0.596. The zero-order valence-corrected chi connectivity index (χ0v) is 11.3. The van der Waals surface area contributed by atoms with Crippen LogP contribution in [0.4, 0.5) is 13.6 Å². The highest BCUT2D eigenvalue weighted by atomic mass is 19.3. The molecular weight excluding hydrogens is 274 g/mol. The summed E-state index contributed by atoms with van der Waals surface area (Å²) in [4.78, 5) is 15.0. The molecule has 1 heterocycles. The van der Waals surface area contributed by atoms with Gasteiger partial charge in [-0.15, -0.1) is 0 Å². The number of alkyl carbamates (subject to hydrolysis) is 1. The first-order valence-electron chi connectivity index (χ1n) is 5.77. The van der Waals surface area contributed by atoms with Gasteiger partial charge >= 0.3 is 12.7 Å².